The van der Waals surface area contributed by atoms with Crippen molar-refractivity contribution in [2.45, 2.75) is 46.6 Å². The van der Waals surface area contributed by atoms with Crippen molar-refractivity contribution in [3.63, 3.8) is 0 Å². The molecule has 2 nitrogen and oxygen atoms in total. The van der Waals surface area contributed by atoms with Gasteiger partial charge in [0.2, 0.25) is 0 Å². The van der Waals surface area contributed by atoms with Gasteiger partial charge >= 0.3 is 0 Å². The van der Waals surface area contributed by atoms with Gasteiger partial charge in [0.05, 0.1) is 25.7 Å². The highest BCUT2D eigenvalue weighted by Gasteiger charge is 2.39. The molecule has 1 atom stereocenters. The third kappa shape index (κ3) is 2.29. The van der Waals surface area contributed by atoms with Crippen molar-refractivity contribution < 1.29 is 4.48 Å². The summed E-state index contributed by atoms with van der Waals surface area (Å²) < 4.78 is 1.32. The molecule has 0 amide bonds. The van der Waals surface area contributed by atoms with Gasteiger partial charge in [-0.1, -0.05) is 13.8 Å². The van der Waals surface area contributed by atoms with Gasteiger partial charge in [0.1, 0.15) is 6.67 Å². The summed E-state index contributed by atoms with van der Waals surface area (Å²) in [5.74, 6) is 0. The van der Waals surface area contributed by atoms with E-state index in [0.717, 1.165) is 6.04 Å². The molecular weight excluding hydrogens is 172 g/mol. The van der Waals surface area contributed by atoms with Gasteiger partial charge in [-0.2, -0.15) is 0 Å². The fourth-order valence-corrected chi connectivity index (χ4v) is 2.73. The summed E-state index contributed by atoms with van der Waals surface area (Å²) in [6.07, 6.45) is 2.62. The van der Waals surface area contributed by atoms with Crippen LogP contribution in [0, 0.1) is 0 Å². The molecular formula is C12H27N2+. The first-order valence-electron chi connectivity index (χ1n) is 6.30. The fourth-order valence-electron chi connectivity index (χ4n) is 2.73. The molecule has 0 radical (unpaired) electrons. The Balaban J connectivity index is 2.62. The molecule has 0 aromatic rings. The highest BCUT2D eigenvalue weighted by Crippen LogP contribution is 2.23. The van der Waals surface area contributed by atoms with Crippen molar-refractivity contribution in [1.82, 2.24) is 4.90 Å². The van der Waals surface area contributed by atoms with Gasteiger partial charge in [-0.3, -0.25) is 0 Å². The van der Waals surface area contributed by atoms with Crippen LogP contribution in [-0.2, 0) is 0 Å². The molecule has 0 bridgehead atoms. The lowest BCUT2D eigenvalue weighted by atomic mass is 10.2. The van der Waals surface area contributed by atoms with E-state index in [1.807, 2.05) is 0 Å². The van der Waals surface area contributed by atoms with Crippen LogP contribution in [0.4, 0.5) is 0 Å². The van der Waals surface area contributed by atoms with Crippen LogP contribution < -0.4 is 0 Å². The highest BCUT2D eigenvalue weighted by molar-refractivity contribution is 4.73. The molecule has 0 spiro atoms. The van der Waals surface area contributed by atoms with E-state index in [4.69, 9.17) is 0 Å². The van der Waals surface area contributed by atoms with E-state index in [0.29, 0.717) is 0 Å². The summed E-state index contributed by atoms with van der Waals surface area (Å²) >= 11 is 0. The lowest BCUT2D eigenvalue weighted by molar-refractivity contribution is -0.918. The van der Waals surface area contributed by atoms with Crippen LogP contribution >= 0.6 is 0 Å². The van der Waals surface area contributed by atoms with Gasteiger partial charge < -0.3 is 4.48 Å². The minimum absolute atomic E-state index is 0.842. The van der Waals surface area contributed by atoms with Gasteiger partial charge in [-0.25, -0.2) is 4.90 Å². The molecule has 0 saturated carbocycles. The number of likely N-dealkylation sites (N-methyl/N-ethyl adjacent to an activating group) is 1. The topological polar surface area (TPSA) is 3.24 Å². The lowest BCUT2D eigenvalue weighted by Gasteiger charge is -2.31. The Labute approximate surface area is 89.5 Å². The molecule has 1 aliphatic heterocycles. The molecule has 1 heterocycles. The molecule has 1 fully saturated rings. The first-order chi connectivity index (χ1) is 6.71. The number of hydrogen-bond acceptors (Lipinski definition) is 1. The second-order valence-electron chi connectivity index (χ2n) is 4.67. The minimum Gasteiger partial charge on any atom is -0.310 e. The fraction of sp³-hybridized carbons (Fsp3) is 1.00. The van der Waals surface area contributed by atoms with Gasteiger partial charge in [-0.15, -0.1) is 0 Å². The molecule has 2 heteroatoms. The van der Waals surface area contributed by atoms with Gasteiger partial charge in [0.15, 0.2) is 0 Å². The van der Waals surface area contributed by atoms with E-state index < -0.39 is 0 Å². The molecule has 0 aromatic heterocycles. The smallest absolute Gasteiger partial charge is 0.135 e. The lowest BCUT2D eigenvalue weighted by Crippen LogP contribution is -2.46. The normalized spacial score (nSPS) is 27.0. The third-order valence-electron chi connectivity index (χ3n) is 3.92. The number of hydrogen-bond donors (Lipinski definition) is 0. The van der Waals surface area contributed by atoms with Crippen LogP contribution in [0.5, 0.6) is 0 Å². The first-order valence-corrected chi connectivity index (χ1v) is 6.30. The SMILES string of the molecule is CCCN1C[N+](CC)(CC)CC1CC. The van der Waals surface area contributed by atoms with Crippen molar-refractivity contribution in [3.05, 3.63) is 0 Å². The summed E-state index contributed by atoms with van der Waals surface area (Å²) in [6.45, 7) is 15.9. The largest absolute Gasteiger partial charge is 0.310 e. The number of rotatable bonds is 5. The minimum atomic E-state index is 0.842. The summed E-state index contributed by atoms with van der Waals surface area (Å²) in [7, 11) is 0. The van der Waals surface area contributed by atoms with E-state index in [2.05, 4.69) is 32.6 Å². The van der Waals surface area contributed by atoms with Crippen molar-refractivity contribution in [3.8, 4) is 0 Å². The second kappa shape index (κ2) is 5.13. The standard InChI is InChI=1S/C12H27N2/c1-5-9-13-11-14(7-3,8-4)10-12(13)6-2/h12H,5-11H2,1-4H3/q+1. The first kappa shape index (κ1) is 12.0. The van der Waals surface area contributed by atoms with Crippen LogP contribution in [0.3, 0.4) is 0 Å². The van der Waals surface area contributed by atoms with E-state index >= 15 is 0 Å². The number of nitrogens with zero attached hydrogens (tertiary/aromatic N) is 2. The van der Waals surface area contributed by atoms with Crippen molar-refractivity contribution in [2.24, 2.45) is 0 Å². The number of quaternary nitrogens is 1. The van der Waals surface area contributed by atoms with Crippen LogP contribution in [0.1, 0.15) is 40.5 Å². The van der Waals surface area contributed by atoms with Gasteiger partial charge in [0.25, 0.3) is 0 Å². The van der Waals surface area contributed by atoms with Crippen molar-refractivity contribution in [2.75, 3.05) is 32.8 Å². The molecule has 1 unspecified atom stereocenters. The summed E-state index contributed by atoms with van der Waals surface area (Å²) in [6, 6.07) is 0.842. The Morgan fingerprint density at radius 2 is 1.79 bits per heavy atom. The Bertz CT molecular complexity index is 164. The van der Waals surface area contributed by atoms with E-state index in [-0.39, 0.29) is 0 Å². The van der Waals surface area contributed by atoms with E-state index in [1.54, 1.807) is 0 Å². The maximum atomic E-state index is 2.70. The monoisotopic (exact) mass is 199 g/mol. The van der Waals surface area contributed by atoms with Crippen molar-refractivity contribution in [1.29, 1.82) is 0 Å². The van der Waals surface area contributed by atoms with Gasteiger partial charge in [-0.05, 0) is 26.7 Å². The van der Waals surface area contributed by atoms with Crippen molar-refractivity contribution >= 4 is 0 Å². The zero-order chi connectivity index (χ0) is 10.6. The molecule has 0 N–H and O–H groups in total. The zero-order valence-corrected chi connectivity index (χ0v) is 10.4. The Morgan fingerprint density at radius 3 is 2.21 bits per heavy atom. The highest BCUT2D eigenvalue weighted by atomic mass is 15.5. The van der Waals surface area contributed by atoms with Crippen LogP contribution in [-0.4, -0.2) is 48.3 Å². The third-order valence-corrected chi connectivity index (χ3v) is 3.92. The quantitative estimate of drug-likeness (QED) is 0.614. The maximum Gasteiger partial charge on any atom is 0.135 e. The average Bonchev–Trinajstić information content (AvgIpc) is 2.58. The predicted molar refractivity (Wildman–Crippen MR) is 62.2 cm³/mol. The van der Waals surface area contributed by atoms with E-state index in [1.165, 1.54) is 50.2 Å². The summed E-state index contributed by atoms with van der Waals surface area (Å²) in [5, 5.41) is 0. The maximum absolute atomic E-state index is 2.70. The molecule has 1 rings (SSSR count). The van der Waals surface area contributed by atoms with E-state index in [9.17, 15) is 0 Å². The van der Waals surface area contributed by atoms with Crippen LogP contribution in [0.2, 0.25) is 0 Å². The Kier molecular flexibility index (Phi) is 4.39. The summed E-state index contributed by atoms with van der Waals surface area (Å²) in [5.41, 5.74) is 0. The van der Waals surface area contributed by atoms with Crippen LogP contribution in [0.15, 0.2) is 0 Å². The molecule has 0 aromatic carbocycles. The van der Waals surface area contributed by atoms with Gasteiger partial charge in [0, 0.05) is 6.54 Å². The molecule has 1 aliphatic rings. The molecule has 1 saturated heterocycles. The Hall–Kier alpha value is -0.0800. The van der Waals surface area contributed by atoms with Crippen LogP contribution in [0.25, 0.3) is 0 Å². The zero-order valence-electron chi connectivity index (χ0n) is 10.4. The second-order valence-corrected chi connectivity index (χ2v) is 4.67. The molecule has 0 aliphatic carbocycles. The Morgan fingerprint density at radius 1 is 1.14 bits per heavy atom. The molecule has 14 heavy (non-hydrogen) atoms. The average molecular weight is 199 g/mol. The summed E-state index contributed by atoms with van der Waals surface area (Å²) in [4.78, 5) is 2.70. The molecule has 84 valence electrons. The predicted octanol–water partition coefficient (Wildman–Crippen LogP) is 2.30.